The summed E-state index contributed by atoms with van der Waals surface area (Å²) in [4.78, 5) is 16.6. The zero-order valence-electron chi connectivity index (χ0n) is 14.9. The smallest absolute Gasteiger partial charge is 0.227 e. The minimum Gasteiger partial charge on any atom is -0.436 e. The van der Waals surface area contributed by atoms with Gasteiger partial charge >= 0.3 is 0 Å². The number of carbonyl (C=O) groups excluding carboxylic acids is 1. The lowest BCUT2D eigenvalue weighted by molar-refractivity contribution is -0.116. The molecule has 0 fully saturated rings. The molecule has 0 atom stereocenters. The summed E-state index contributed by atoms with van der Waals surface area (Å²) in [5.74, 6) is 0.609. The first-order valence-electron chi connectivity index (χ1n) is 9.08. The van der Waals surface area contributed by atoms with Crippen LogP contribution >= 0.6 is 0 Å². The van der Waals surface area contributed by atoms with Crippen molar-refractivity contribution in [2.24, 2.45) is 0 Å². The molecule has 0 saturated heterocycles. The number of hydrogen-bond donors (Lipinski definition) is 1. The standard InChI is InChI=1S/C23H20N2O2/c26-22(12-6-9-17-7-2-1-3-8-17)24-19-15-13-18(14-16-19)23-25-20-10-4-5-11-21(20)27-23/h1-5,7-8,10-11,13-16H,6,9,12H2,(H,24,26). The number of benzene rings is 3. The molecular weight excluding hydrogens is 336 g/mol. The number of hydrogen-bond acceptors (Lipinski definition) is 3. The molecule has 0 aliphatic carbocycles. The minimum atomic E-state index is 0.0283. The molecule has 4 heteroatoms. The second-order valence-electron chi connectivity index (χ2n) is 6.45. The minimum absolute atomic E-state index is 0.0283. The van der Waals surface area contributed by atoms with E-state index in [1.165, 1.54) is 5.56 Å². The molecule has 1 amide bonds. The third-order valence-electron chi connectivity index (χ3n) is 4.42. The van der Waals surface area contributed by atoms with E-state index in [9.17, 15) is 4.79 Å². The van der Waals surface area contributed by atoms with Gasteiger partial charge in [0, 0.05) is 17.7 Å². The van der Waals surface area contributed by atoms with Crippen molar-refractivity contribution < 1.29 is 9.21 Å². The van der Waals surface area contributed by atoms with Crippen LogP contribution in [0.3, 0.4) is 0 Å². The van der Waals surface area contributed by atoms with E-state index >= 15 is 0 Å². The Morgan fingerprint density at radius 1 is 0.889 bits per heavy atom. The first kappa shape index (κ1) is 17.0. The molecule has 0 saturated carbocycles. The molecule has 0 radical (unpaired) electrons. The van der Waals surface area contributed by atoms with Crippen molar-refractivity contribution in [2.45, 2.75) is 19.3 Å². The fourth-order valence-electron chi connectivity index (χ4n) is 3.01. The van der Waals surface area contributed by atoms with E-state index in [4.69, 9.17) is 4.42 Å². The Morgan fingerprint density at radius 2 is 1.63 bits per heavy atom. The highest BCUT2D eigenvalue weighted by Gasteiger charge is 2.08. The normalized spacial score (nSPS) is 10.8. The van der Waals surface area contributed by atoms with Gasteiger partial charge in [0.2, 0.25) is 11.8 Å². The van der Waals surface area contributed by atoms with Gasteiger partial charge in [-0.1, -0.05) is 42.5 Å². The zero-order valence-corrected chi connectivity index (χ0v) is 14.9. The van der Waals surface area contributed by atoms with Gasteiger partial charge in [0.15, 0.2) is 5.58 Å². The van der Waals surface area contributed by atoms with Crippen LogP contribution in [0.1, 0.15) is 18.4 Å². The van der Waals surface area contributed by atoms with E-state index in [0.717, 1.165) is 35.2 Å². The Morgan fingerprint density at radius 3 is 2.41 bits per heavy atom. The summed E-state index contributed by atoms with van der Waals surface area (Å²) < 4.78 is 5.77. The Kier molecular flexibility index (Phi) is 4.97. The van der Waals surface area contributed by atoms with E-state index in [1.807, 2.05) is 66.7 Å². The number of anilines is 1. The fraction of sp³-hybridized carbons (Fsp3) is 0.130. The Bertz CT molecular complexity index is 1000. The summed E-state index contributed by atoms with van der Waals surface area (Å²) >= 11 is 0. The largest absolute Gasteiger partial charge is 0.436 e. The van der Waals surface area contributed by atoms with Crippen molar-refractivity contribution in [3.05, 3.63) is 84.4 Å². The molecule has 4 nitrogen and oxygen atoms in total. The van der Waals surface area contributed by atoms with Crippen LogP contribution in [0.15, 0.2) is 83.3 Å². The Balaban J connectivity index is 1.34. The third kappa shape index (κ3) is 4.23. The highest BCUT2D eigenvalue weighted by atomic mass is 16.3. The molecule has 0 spiro atoms. The van der Waals surface area contributed by atoms with Crippen molar-refractivity contribution in [3.63, 3.8) is 0 Å². The molecule has 0 aliphatic heterocycles. The lowest BCUT2D eigenvalue weighted by Gasteiger charge is -2.06. The number of nitrogens with zero attached hydrogens (tertiary/aromatic N) is 1. The summed E-state index contributed by atoms with van der Waals surface area (Å²) in [5.41, 5.74) is 4.52. The Labute approximate surface area is 157 Å². The van der Waals surface area contributed by atoms with Crippen LogP contribution in [0.5, 0.6) is 0 Å². The molecule has 1 aromatic heterocycles. The summed E-state index contributed by atoms with van der Waals surface area (Å²) in [5, 5.41) is 2.94. The molecule has 4 rings (SSSR count). The van der Waals surface area contributed by atoms with Gasteiger partial charge in [0.05, 0.1) is 0 Å². The number of fused-ring (bicyclic) bond motifs is 1. The van der Waals surface area contributed by atoms with Gasteiger partial charge in [-0.15, -0.1) is 0 Å². The van der Waals surface area contributed by atoms with Crippen molar-refractivity contribution in [3.8, 4) is 11.5 Å². The van der Waals surface area contributed by atoms with E-state index in [1.54, 1.807) is 0 Å². The number of para-hydroxylation sites is 2. The summed E-state index contributed by atoms with van der Waals surface area (Å²) in [6.45, 7) is 0. The number of aromatic nitrogens is 1. The number of oxazole rings is 1. The fourth-order valence-corrected chi connectivity index (χ4v) is 3.01. The average Bonchev–Trinajstić information content (AvgIpc) is 3.13. The molecule has 0 unspecified atom stereocenters. The van der Waals surface area contributed by atoms with Crippen LogP contribution in [0.2, 0.25) is 0 Å². The molecule has 134 valence electrons. The second kappa shape index (κ2) is 7.87. The van der Waals surface area contributed by atoms with E-state index in [2.05, 4.69) is 22.4 Å². The van der Waals surface area contributed by atoms with Gasteiger partial charge in [-0.3, -0.25) is 4.79 Å². The summed E-state index contributed by atoms with van der Waals surface area (Å²) in [6.07, 6.45) is 2.24. The number of rotatable bonds is 6. The molecule has 0 aliphatic rings. The molecule has 4 aromatic rings. The van der Waals surface area contributed by atoms with Gasteiger partial charge in [0.25, 0.3) is 0 Å². The second-order valence-corrected chi connectivity index (χ2v) is 6.45. The molecule has 1 N–H and O–H groups in total. The quantitative estimate of drug-likeness (QED) is 0.499. The van der Waals surface area contributed by atoms with E-state index < -0.39 is 0 Å². The average molecular weight is 356 g/mol. The topological polar surface area (TPSA) is 55.1 Å². The Hall–Kier alpha value is -3.40. The predicted octanol–water partition coefficient (Wildman–Crippen LogP) is 5.46. The first-order chi connectivity index (χ1) is 13.3. The zero-order chi connectivity index (χ0) is 18.5. The summed E-state index contributed by atoms with van der Waals surface area (Å²) in [6, 6.07) is 25.5. The van der Waals surface area contributed by atoms with Crippen LogP contribution in [-0.4, -0.2) is 10.9 Å². The van der Waals surface area contributed by atoms with E-state index in [-0.39, 0.29) is 5.91 Å². The maximum absolute atomic E-state index is 12.1. The van der Waals surface area contributed by atoms with Gasteiger partial charge in [-0.25, -0.2) is 4.98 Å². The van der Waals surface area contributed by atoms with E-state index in [0.29, 0.717) is 12.3 Å². The SMILES string of the molecule is O=C(CCCc1ccccc1)Nc1ccc(-c2nc3ccccc3o2)cc1. The molecule has 1 heterocycles. The lowest BCUT2D eigenvalue weighted by Crippen LogP contribution is -2.11. The van der Waals surface area contributed by atoms with Gasteiger partial charge in [0.1, 0.15) is 5.52 Å². The molecule has 27 heavy (non-hydrogen) atoms. The van der Waals surface area contributed by atoms with Gasteiger partial charge in [-0.05, 0) is 54.8 Å². The van der Waals surface area contributed by atoms with Gasteiger partial charge < -0.3 is 9.73 Å². The highest BCUT2D eigenvalue weighted by Crippen LogP contribution is 2.25. The van der Waals surface area contributed by atoms with Crippen molar-refractivity contribution in [1.29, 1.82) is 0 Å². The monoisotopic (exact) mass is 356 g/mol. The lowest BCUT2D eigenvalue weighted by atomic mass is 10.1. The number of amides is 1. The number of carbonyl (C=O) groups is 1. The molecule has 0 bridgehead atoms. The maximum Gasteiger partial charge on any atom is 0.227 e. The third-order valence-corrected chi connectivity index (χ3v) is 4.42. The number of nitrogens with one attached hydrogen (secondary N) is 1. The van der Waals surface area contributed by atoms with Crippen LogP contribution in [0.25, 0.3) is 22.6 Å². The van der Waals surface area contributed by atoms with Crippen molar-refractivity contribution >= 4 is 22.7 Å². The van der Waals surface area contributed by atoms with Crippen LogP contribution in [0, 0.1) is 0 Å². The van der Waals surface area contributed by atoms with Gasteiger partial charge in [-0.2, -0.15) is 0 Å². The van der Waals surface area contributed by atoms with Crippen LogP contribution < -0.4 is 5.32 Å². The van der Waals surface area contributed by atoms with Crippen molar-refractivity contribution in [1.82, 2.24) is 4.98 Å². The maximum atomic E-state index is 12.1. The number of aryl methyl sites for hydroxylation is 1. The predicted molar refractivity (Wildman–Crippen MR) is 107 cm³/mol. The van der Waals surface area contributed by atoms with Crippen LogP contribution in [0.4, 0.5) is 5.69 Å². The molecular formula is C23H20N2O2. The molecule has 3 aromatic carbocycles. The summed E-state index contributed by atoms with van der Waals surface area (Å²) in [7, 11) is 0. The van der Waals surface area contributed by atoms with Crippen molar-refractivity contribution in [2.75, 3.05) is 5.32 Å². The van der Waals surface area contributed by atoms with Crippen LogP contribution in [-0.2, 0) is 11.2 Å². The first-order valence-corrected chi connectivity index (χ1v) is 9.08. The highest BCUT2D eigenvalue weighted by molar-refractivity contribution is 5.91.